The van der Waals surface area contributed by atoms with Crippen molar-refractivity contribution in [3.63, 3.8) is 0 Å². The molecule has 25 heavy (non-hydrogen) atoms. The lowest BCUT2D eigenvalue weighted by Gasteiger charge is -2.37. The van der Waals surface area contributed by atoms with Crippen molar-refractivity contribution in [2.24, 2.45) is 0 Å². The van der Waals surface area contributed by atoms with Gasteiger partial charge in [0.2, 0.25) is 0 Å². The van der Waals surface area contributed by atoms with Gasteiger partial charge in [-0.1, -0.05) is 54.1 Å². The van der Waals surface area contributed by atoms with E-state index in [-0.39, 0.29) is 12.7 Å². The van der Waals surface area contributed by atoms with Crippen molar-refractivity contribution in [1.82, 2.24) is 4.90 Å². The van der Waals surface area contributed by atoms with E-state index in [1.165, 1.54) is 0 Å². The predicted octanol–water partition coefficient (Wildman–Crippen LogP) is 4.05. The first-order chi connectivity index (χ1) is 12.0. The van der Waals surface area contributed by atoms with E-state index in [2.05, 4.69) is 0 Å². The van der Waals surface area contributed by atoms with E-state index < -0.39 is 5.60 Å². The van der Waals surface area contributed by atoms with Gasteiger partial charge in [-0.15, -0.1) is 0 Å². The van der Waals surface area contributed by atoms with Gasteiger partial charge >= 0.3 is 6.09 Å². The first-order valence-electron chi connectivity index (χ1n) is 8.47. The van der Waals surface area contributed by atoms with E-state index in [0.717, 1.165) is 11.1 Å². The molecular weight excluding hydrogens is 338 g/mol. The third kappa shape index (κ3) is 4.97. The average Bonchev–Trinajstić information content (AvgIpc) is 2.61. The summed E-state index contributed by atoms with van der Waals surface area (Å²) in [4.78, 5) is 13.9. The fraction of sp³-hybridized carbons (Fsp3) is 0.350. The maximum Gasteiger partial charge on any atom is 0.410 e. The van der Waals surface area contributed by atoms with Crippen LogP contribution < -0.4 is 0 Å². The number of amides is 1. The lowest BCUT2D eigenvalue weighted by molar-refractivity contribution is -0.0206. The Labute approximate surface area is 153 Å². The molecule has 2 aromatic carbocycles. The van der Waals surface area contributed by atoms with Crippen molar-refractivity contribution in [3.8, 4) is 0 Å². The fourth-order valence-corrected chi connectivity index (χ4v) is 3.33. The van der Waals surface area contributed by atoms with Gasteiger partial charge in [0.1, 0.15) is 6.61 Å². The molecule has 4 nitrogen and oxygen atoms in total. The van der Waals surface area contributed by atoms with Crippen molar-refractivity contribution < 1.29 is 14.6 Å². The van der Waals surface area contributed by atoms with E-state index in [4.69, 9.17) is 16.3 Å². The molecule has 1 aliphatic rings. The summed E-state index contributed by atoms with van der Waals surface area (Å²) in [6.45, 7) is 1.25. The Balaban J connectivity index is 1.49. The molecule has 1 N–H and O–H groups in total. The zero-order valence-corrected chi connectivity index (χ0v) is 14.8. The van der Waals surface area contributed by atoms with Crippen LogP contribution in [0.3, 0.4) is 0 Å². The summed E-state index contributed by atoms with van der Waals surface area (Å²) < 4.78 is 5.36. The molecule has 0 radical (unpaired) electrons. The number of hydrogen-bond acceptors (Lipinski definition) is 3. The third-order valence-electron chi connectivity index (χ3n) is 4.58. The lowest BCUT2D eigenvalue weighted by atomic mass is 9.85. The number of ether oxygens (including phenoxy) is 1. The molecular formula is C20H22ClNO3. The third-order valence-corrected chi connectivity index (χ3v) is 4.81. The van der Waals surface area contributed by atoms with Crippen LogP contribution in [0.1, 0.15) is 24.0 Å². The number of rotatable bonds is 4. The van der Waals surface area contributed by atoms with E-state index in [1.54, 1.807) is 4.90 Å². The van der Waals surface area contributed by atoms with Crippen molar-refractivity contribution in [1.29, 1.82) is 0 Å². The highest BCUT2D eigenvalue weighted by Gasteiger charge is 2.34. The maximum atomic E-state index is 12.2. The number of likely N-dealkylation sites (tertiary alicyclic amines) is 1. The van der Waals surface area contributed by atoms with E-state index >= 15 is 0 Å². The van der Waals surface area contributed by atoms with Gasteiger partial charge in [-0.2, -0.15) is 0 Å². The van der Waals surface area contributed by atoms with Gasteiger partial charge < -0.3 is 14.7 Å². The van der Waals surface area contributed by atoms with Crippen molar-refractivity contribution in [2.45, 2.75) is 31.5 Å². The molecule has 1 amide bonds. The van der Waals surface area contributed by atoms with Crippen LogP contribution in [0.4, 0.5) is 4.79 Å². The molecule has 2 aromatic rings. The highest BCUT2D eigenvalue weighted by Crippen LogP contribution is 2.27. The monoisotopic (exact) mass is 359 g/mol. The van der Waals surface area contributed by atoms with Crippen LogP contribution in [0.15, 0.2) is 54.6 Å². The van der Waals surface area contributed by atoms with Gasteiger partial charge in [0, 0.05) is 24.5 Å². The summed E-state index contributed by atoms with van der Waals surface area (Å²) in [7, 11) is 0. The molecule has 1 saturated heterocycles. The average molecular weight is 360 g/mol. The Morgan fingerprint density at radius 1 is 1.08 bits per heavy atom. The lowest BCUT2D eigenvalue weighted by Crippen LogP contribution is -2.47. The van der Waals surface area contributed by atoms with Crippen LogP contribution in [0.5, 0.6) is 0 Å². The normalized spacial score (nSPS) is 16.5. The van der Waals surface area contributed by atoms with Crippen LogP contribution in [-0.4, -0.2) is 34.8 Å². The van der Waals surface area contributed by atoms with E-state index in [1.807, 2.05) is 54.6 Å². The van der Waals surface area contributed by atoms with Gasteiger partial charge in [0.05, 0.1) is 5.60 Å². The topological polar surface area (TPSA) is 49.8 Å². The van der Waals surface area contributed by atoms with Crippen LogP contribution in [0.2, 0.25) is 5.02 Å². The Bertz CT molecular complexity index is 712. The molecule has 0 saturated carbocycles. The summed E-state index contributed by atoms with van der Waals surface area (Å²) >= 11 is 6.01. The molecule has 0 bridgehead atoms. The summed E-state index contributed by atoms with van der Waals surface area (Å²) in [6, 6.07) is 17.2. The minimum absolute atomic E-state index is 0.267. The number of benzene rings is 2. The highest BCUT2D eigenvalue weighted by atomic mass is 35.5. The molecule has 0 aromatic heterocycles. The van der Waals surface area contributed by atoms with Crippen molar-refractivity contribution in [3.05, 3.63) is 70.7 Å². The summed E-state index contributed by atoms with van der Waals surface area (Å²) in [6.07, 6.45) is 1.27. The van der Waals surface area contributed by atoms with E-state index in [0.29, 0.717) is 37.4 Å². The second kappa shape index (κ2) is 7.89. The van der Waals surface area contributed by atoms with Crippen LogP contribution >= 0.6 is 11.6 Å². The van der Waals surface area contributed by atoms with Gasteiger partial charge in [-0.05, 0) is 36.1 Å². The molecule has 0 unspecified atom stereocenters. The predicted molar refractivity (Wildman–Crippen MR) is 97.5 cm³/mol. The number of hydrogen-bond donors (Lipinski definition) is 1. The van der Waals surface area contributed by atoms with Gasteiger partial charge in [-0.25, -0.2) is 4.79 Å². The van der Waals surface area contributed by atoms with Crippen LogP contribution in [0.25, 0.3) is 0 Å². The molecule has 0 spiro atoms. The largest absolute Gasteiger partial charge is 0.445 e. The molecule has 0 aliphatic carbocycles. The SMILES string of the molecule is O=C(OCc1ccccc1)N1CCC(O)(Cc2cccc(Cl)c2)CC1. The molecule has 3 rings (SSSR count). The maximum absolute atomic E-state index is 12.2. The number of nitrogens with zero attached hydrogens (tertiary/aromatic N) is 1. The molecule has 132 valence electrons. The van der Waals surface area contributed by atoms with Gasteiger partial charge in [0.25, 0.3) is 0 Å². The number of piperidine rings is 1. The minimum atomic E-state index is -0.805. The number of aliphatic hydroxyl groups is 1. The Morgan fingerprint density at radius 2 is 1.76 bits per heavy atom. The summed E-state index contributed by atoms with van der Waals surface area (Å²) in [5.41, 5.74) is 1.17. The number of carbonyl (C=O) groups excluding carboxylic acids is 1. The smallest absolute Gasteiger partial charge is 0.410 e. The quantitative estimate of drug-likeness (QED) is 0.896. The first kappa shape index (κ1) is 17.8. The zero-order chi connectivity index (χ0) is 17.7. The second-order valence-corrected chi connectivity index (χ2v) is 6.99. The van der Waals surface area contributed by atoms with Gasteiger partial charge in [-0.3, -0.25) is 0 Å². The molecule has 5 heteroatoms. The van der Waals surface area contributed by atoms with Crippen molar-refractivity contribution >= 4 is 17.7 Å². The Kier molecular flexibility index (Phi) is 5.61. The Hall–Kier alpha value is -2.04. The van der Waals surface area contributed by atoms with Gasteiger partial charge in [0.15, 0.2) is 0 Å². The molecule has 1 fully saturated rings. The minimum Gasteiger partial charge on any atom is -0.445 e. The molecule has 0 atom stereocenters. The summed E-state index contributed by atoms with van der Waals surface area (Å²) in [5, 5.41) is 11.5. The standard InChI is InChI=1S/C20H22ClNO3/c21-18-8-4-7-17(13-18)14-20(24)9-11-22(12-10-20)19(23)25-15-16-5-2-1-3-6-16/h1-8,13,24H,9-12,14-15H2. The molecule has 1 heterocycles. The van der Waals surface area contributed by atoms with Crippen LogP contribution in [0, 0.1) is 0 Å². The van der Waals surface area contributed by atoms with E-state index in [9.17, 15) is 9.90 Å². The highest BCUT2D eigenvalue weighted by molar-refractivity contribution is 6.30. The first-order valence-corrected chi connectivity index (χ1v) is 8.84. The Morgan fingerprint density at radius 3 is 2.44 bits per heavy atom. The zero-order valence-electron chi connectivity index (χ0n) is 14.0. The number of carbonyl (C=O) groups is 1. The second-order valence-electron chi connectivity index (χ2n) is 6.56. The number of halogens is 1. The van der Waals surface area contributed by atoms with Crippen LogP contribution in [-0.2, 0) is 17.8 Å². The molecule has 1 aliphatic heterocycles. The van der Waals surface area contributed by atoms with Crippen molar-refractivity contribution in [2.75, 3.05) is 13.1 Å². The summed E-state index contributed by atoms with van der Waals surface area (Å²) in [5.74, 6) is 0. The fourth-order valence-electron chi connectivity index (χ4n) is 3.12.